The molecule has 0 aromatic heterocycles. The van der Waals surface area contributed by atoms with Crippen LogP contribution in [0, 0.1) is 0 Å². The topological polar surface area (TPSA) is 98.0 Å². The van der Waals surface area contributed by atoms with Crippen LogP contribution in [0.4, 0.5) is 10.5 Å². The molecule has 0 spiro atoms. The molecule has 0 heterocycles. The summed E-state index contributed by atoms with van der Waals surface area (Å²) in [4.78, 5) is 15.8. The average molecular weight is 492 g/mol. The number of nitrogens with one attached hydrogen (secondary N) is 2. The number of carbonyl (C=O) groups is 1. The Morgan fingerprint density at radius 1 is 1.19 bits per heavy atom. The molecular weight excluding hydrogens is 459 g/mol. The number of benzene rings is 1. The van der Waals surface area contributed by atoms with E-state index < -0.39 is 11.7 Å². The highest BCUT2D eigenvalue weighted by molar-refractivity contribution is 14.0. The van der Waals surface area contributed by atoms with E-state index in [1.807, 2.05) is 58.9 Å². The number of hydrogen-bond acceptors (Lipinski definition) is 4. The Labute approximate surface area is 179 Å². The summed E-state index contributed by atoms with van der Waals surface area (Å²) in [6.07, 6.45) is 1.37. The first-order chi connectivity index (χ1) is 12.2. The molecule has 0 aliphatic rings. The highest BCUT2D eigenvalue weighted by atomic mass is 127. The number of unbranched alkanes of at least 4 members (excludes halogenated alkanes) is 1. The highest BCUT2D eigenvalue weighted by Crippen LogP contribution is 2.16. The molecule has 0 saturated carbocycles. The van der Waals surface area contributed by atoms with Gasteiger partial charge in [-0.2, -0.15) is 0 Å². The largest absolute Gasteiger partial charge is 0.491 e. The number of nitrogens with two attached hydrogens (primary N) is 1. The Kier molecular flexibility index (Phi) is 11.8. The van der Waals surface area contributed by atoms with Gasteiger partial charge in [-0.25, -0.2) is 4.79 Å². The van der Waals surface area contributed by atoms with Crippen molar-refractivity contribution in [2.24, 2.45) is 10.7 Å². The predicted molar refractivity (Wildman–Crippen MR) is 121 cm³/mol. The molecule has 27 heavy (non-hydrogen) atoms. The standard InChI is InChI=1S/C19H32N4O3.HI/c1-14(2)25-16-10-8-15(9-11-16)23-17(20)21-12-6-7-13-22-18(24)26-19(3,4)5;/h8-11,14H,6-7,12-13H2,1-5H3,(H,22,24)(H3,20,21,23);1H. The zero-order chi connectivity index (χ0) is 19.6. The molecule has 7 nitrogen and oxygen atoms in total. The number of alkyl carbamates (subject to hydrolysis) is 1. The Morgan fingerprint density at radius 3 is 2.37 bits per heavy atom. The Balaban J connectivity index is 0.00000676. The lowest BCUT2D eigenvalue weighted by Crippen LogP contribution is -2.33. The summed E-state index contributed by atoms with van der Waals surface area (Å²) >= 11 is 0. The zero-order valence-electron chi connectivity index (χ0n) is 16.9. The molecule has 0 fully saturated rings. The van der Waals surface area contributed by atoms with Gasteiger partial charge < -0.3 is 25.8 Å². The van der Waals surface area contributed by atoms with E-state index in [2.05, 4.69) is 15.6 Å². The molecule has 0 radical (unpaired) electrons. The van der Waals surface area contributed by atoms with E-state index in [0.717, 1.165) is 24.3 Å². The van der Waals surface area contributed by atoms with Crippen LogP contribution in [-0.4, -0.2) is 36.8 Å². The van der Waals surface area contributed by atoms with Gasteiger partial charge in [0.1, 0.15) is 11.4 Å². The molecular formula is C19H33IN4O3. The molecule has 4 N–H and O–H groups in total. The van der Waals surface area contributed by atoms with Crippen LogP contribution in [0.25, 0.3) is 0 Å². The van der Waals surface area contributed by atoms with Gasteiger partial charge in [0.25, 0.3) is 0 Å². The molecule has 0 bridgehead atoms. The molecule has 1 amide bonds. The van der Waals surface area contributed by atoms with Gasteiger partial charge in [0.05, 0.1) is 6.10 Å². The van der Waals surface area contributed by atoms with Gasteiger partial charge in [0.15, 0.2) is 5.96 Å². The van der Waals surface area contributed by atoms with Crippen molar-refractivity contribution < 1.29 is 14.3 Å². The number of halogens is 1. The lowest BCUT2D eigenvalue weighted by Gasteiger charge is -2.19. The van der Waals surface area contributed by atoms with E-state index >= 15 is 0 Å². The second-order valence-corrected chi connectivity index (χ2v) is 7.22. The molecule has 0 saturated heterocycles. The predicted octanol–water partition coefficient (Wildman–Crippen LogP) is 4.12. The van der Waals surface area contributed by atoms with Crippen molar-refractivity contribution in [3.05, 3.63) is 24.3 Å². The van der Waals surface area contributed by atoms with E-state index in [1.165, 1.54) is 0 Å². The number of hydrogen-bond donors (Lipinski definition) is 3. The first-order valence-electron chi connectivity index (χ1n) is 8.96. The normalized spacial score (nSPS) is 11.6. The Morgan fingerprint density at radius 2 is 1.81 bits per heavy atom. The number of anilines is 1. The molecule has 8 heteroatoms. The number of aliphatic imine (C=N–C) groups is 1. The fraction of sp³-hybridized carbons (Fsp3) is 0.579. The van der Waals surface area contributed by atoms with E-state index in [4.69, 9.17) is 15.2 Å². The van der Waals surface area contributed by atoms with Crippen LogP contribution in [0.2, 0.25) is 0 Å². The maximum absolute atomic E-state index is 11.5. The van der Waals surface area contributed by atoms with Crippen molar-refractivity contribution in [3.8, 4) is 5.75 Å². The van der Waals surface area contributed by atoms with Gasteiger partial charge in [0, 0.05) is 18.8 Å². The minimum atomic E-state index is -0.479. The first kappa shape index (κ1) is 25.3. The van der Waals surface area contributed by atoms with Crippen LogP contribution >= 0.6 is 24.0 Å². The molecule has 1 aromatic carbocycles. The highest BCUT2D eigenvalue weighted by Gasteiger charge is 2.15. The number of carbonyl (C=O) groups excluding carboxylic acids is 1. The quantitative estimate of drug-likeness (QED) is 0.220. The van der Waals surface area contributed by atoms with Crippen molar-refractivity contribution in [1.29, 1.82) is 0 Å². The van der Waals surface area contributed by atoms with E-state index in [9.17, 15) is 4.79 Å². The van der Waals surface area contributed by atoms with Crippen LogP contribution in [0.5, 0.6) is 5.75 Å². The van der Waals surface area contributed by atoms with Crippen molar-refractivity contribution in [3.63, 3.8) is 0 Å². The summed E-state index contributed by atoms with van der Waals surface area (Å²) in [5, 5.41) is 5.76. The van der Waals surface area contributed by atoms with Crippen molar-refractivity contribution in [1.82, 2.24) is 5.32 Å². The van der Waals surface area contributed by atoms with Crippen LogP contribution in [-0.2, 0) is 4.74 Å². The molecule has 0 unspecified atom stereocenters. The fourth-order valence-corrected chi connectivity index (χ4v) is 2.02. The molecule has 0 aliphatic heterocycles. The maximum atomic E-state index is 11.5. The van der Waals surface area contributed by atoms with Crippen LogP contribution in [0.1, 0.15) is 47.5 Å². The number of nitrogens with zero attached hydrogens (tertiary/aromatic N) is 1. The number of ether oxygens (including phenoxy) is 2. The van der Waals surface area contributed by atoms with Gasteiger partial charge in [-0.1, -0.05) is 0 Å². The maximum Gasteiger partial charge on any atom is 0.407 e. The van der Waals surface area contributed by atoms with Crippen molar-refractivity contribution in [2.45, 2.75) is 59.2 Å². The fourth-order valence-electron chi connectivity index (χ4n) is 2.02. The van der Waals surface area contributed by atoms with Crippen LogP contribution in [0.15, 0.2) is 29.3 Å². The van der Waals surface area contributed by atoms with Gasteiger partial charge in [-0.3, -0.25) is 4.99 Å². The molecule has 0 aliphatic carbocycles. The monoisotopic (exact) mass is 492 g/mol. The smallest absolute Gasteiger partial charge is 0.407 e. The van der Waals surface area contributed by atoms with Gasteiger partial charge in [-0.15, -0.1) is 24.0 Å². The van der Waals surface area contributed by atoms with E-state index in [1.54, 1.807) is 0 Å². The lowest BCUT2D eigenvalue weighted by atomic mass is 10.2. The number of guanidine groups is 1. The summed E-state index contributed by atoms with van der Waals surface area (Å²) in [7, 11) is 0. The summed E-state index contributed by atoms with van der Waals surface area (Å²) in [6.45, 7) is 10.6. The number of amides is 1. The summed E-state index contributed by atoms with van der Waals surface area (Å²) < 4.78 is 10.8. The summed E-state index contributed by atoms with van der Waals surface area (Å²) in [5.41, 5.74) is 6.25. The third-order valence-corrected chi connectivity index (χ3v) is 3.03. The van der Waals surface area contributed by atoms with Gasteiger partial charge in [0.2, 0.25) is 0 Å². The van der Waals surface area contributed by atoms with Crippen molar-refractivity contribution >= 4 is 41.7 Å². The summed E-state index contributed by atoms with van der Waals surface area (Å²) in [6, 6.07) is 7.56. The Bertz CT molecular complexity index is 584. The van der Waals surface area contributed by atoms with Gasteiger partial charge in [-0.05, 0) is 71.7 Å². The third-order valence-electron chi connectivity index (χ3n) is 3.03. The van der Waals surface area contributed by atoms with E-state index in [0.29, 0.717) is 19.0 Å². The molecule has 1 aromatic rings. The lowest BCUT2D eigenvalue weighted by molar-refractivity contribution is 0.0527. The average Bonchev–Trinajstić information content (AvgIpc) is 2.50. The summed E-state index contributed by atoms with van der Waals surface area (Å²) in [5.74, 6) is 1.18. The minimum Gasteiger partial charge on any atom is -0.491 e. The zero-order valence-corrected chi connectivity index (χ0v) is 19.2. The third kappa shape index (κ3) is 13.2. The van der Waals surface area contributed by atoms with Crippen LogP contribution < -0.4 is 21.1 Å². The minimum absolute atomic E-state index is 0. The number of rotatable bonds is 8. The first-order valence-corrected chi connectivity index (χ1v) is 8.96. The molecule has 0 atom stereocenters. The molecule has 1 rings (SSSR count). The SMILES string of the molecule is CC(C)Oc1ccc(NC(N)=NCCCCNC(=O)OC(C)(C)C)cc1.I. The second kappa shape index (κ2) is 12.6. The Hall–Kier alpha value is -1.71. The van der Waals surface area contributed by atoms with Gasteiger partial charge >= 0.3 is 6.09 Å². The molecule has 154 valence electrons. The van der Waals surface area contributed by atoms with Crippen molar-refractivity contribution in [2.75, 3.05) is 18.4 Å². The second-order valence-electron chi connectivity index (χ2n) is 7.22. The van der Waals surface area contributed by atoms with E-state index in [-0.39, 0.29) is 30.1 Å². The van der Waals surface area contributed by atoms with Crippen LogP contribution in [0.3, 0.4) is 0 Å².